The summed E-state index contributed by atoms with van der Waals surface area (Å²) in [6, 6.07) is 6.47. The molecule has 0 bridgehead atoms. The lowest BCUT2D eigenvalue weighted by molar-refractivity contribution is -0.160. The summed E-state index contributed by atoms with van der Waals surface area (Å²) in [6.45, 7) is 6.37. The summed E-state index contributed by atoms with van der Waals surface area (Å²) in [4.78, 5) is 68.7. The number of hydrogen-bond acceptors (Lipinski definition) is 5. The van der Waals surface area contributed by atoms with Crippen molar-refractivity contribution in [2.75, 3.05) is 19.6 Å². The van der Waals surface area contributed by atoms with Crippen molar-refractivity contribution in [3.8, 4) is 0 Å². The van der Waals surface area contributed by atoms with Crippen molar-refractivity contribution in [1.82, 2.24) is 14.7 Å². The Morgan fingerprint density at radius 3 is 2.30 bits per heavy atom. The van der Waals surface area contributed by atoms with E-state index in [9.17, 15) is 29.1 Å². The molecule has 0 unspecified atom stereocenters. The zero-order valence-corrected chi connectivity index (χ0v) is 21.8. The van der Waals surface area contributed by atoms with E-state index < -0.39 is 41.8 Å². The Hall–Kier alpha value is -3.43. The van der Waals surface area contributed by atoms with E-state index in [0.717, 1.165) is 5.56 Å². The van der Waals surface area contributed by atoms with Crippen molar-refractivity contribution in [3.05, 3.63) is 35.9 Å². The van der Waals surface area contributed by atoms with Crippen molar-refractivity contribution in [2.45, 2.75) is 71.0 Å². The highest BCUT2D eigenvalue weighted by Crippen LogP contribution is 2.30. The van der Waals surface area contributed by atoms with E-state index in [0.29, 0.717) is 19.4 Å². The highest BCUT2D eigenvalue weighted by Gasteiger charge is 2.48. The monoisotopic (exact) mass is 514 g/mol. The number of carbonyl (C=O) groups excluding carboxylic acids is 4. The first-order chi connectivity index (χ1) is 17.5. The summed E-state index contributed by atoms with van der Waals surface area (Å²) in [5.74, 6) is -3.11. The van der Waals surface area contributed by atoms with Crippen LogP contribution in [0.1, 0.15) is 52.0 Å². The second-order valence-electron chi connectivity index (χ2n) is 10.4. The number of amides is 4. The Balaban J connectivity index is 1.96. The zero-order valence-electron chi connectivity index (χ0n) is 21.8. The molecule has 37 heavy (non-hydrogen) atoms. The summed E-state index contributed by atoms with van der Waals surface area (Å²) in [5, 5.41) is 9.94. The molecule has 1 aromatic carbocycles. The Bertz CT molecular complexity index is 1010. The smallest absolute Gasteiger partial charge is 0.326 e. The third kappa shape index (κ3) is 6.47. The van der Waals surface area contributed by atoms with E-state index in [1.54, 1.807) is 11.8 Å². The van der Waals surface area contributed by atoms with Crippen LogP contribution in [0.3, 0.4) is 0 Å². The molecule has 3 N–H and O–H groups in total. The van der Waals surface area contributed by atoms with Gasteiger partial charge in [0.1, 0.15) is 18.1 Å². The van der Waals surface area contributed by atoms with Crippen LogP contribution < -0.4 is 5.73 Å². The first-order valence-electron chi connectivity index (χ1n) is 13.0. The quantitative estimate of drug-likeness (QED) is 0.482. The van der Waals surface area contributed by atoms with Gasteiger partial charge >= 0.3 is 5.97 Å². The summed E-state index contributed by atoms with van der Waals surface area (Å²) >= 11 is 0. The molecule has 10 nitrogen and oxygen atoms in total. The molecule has 10 heteroatoms. The fraction of sp³-hybridized carbons (Fsp3) is 0.593. The largest absolute Gasteiger partial charge is 0.480 e. The number of nitrogens with zero attached hydrogens (tertiary/aromatic N) is 3. The van der Waals surface area contributed by atoms with Gasteiger partial charge in [-0.2, -0.15) is 0 Å². The summed E-state index contributed by atoms with van der Waals surface area (Å²) < 4.78 is 0. The molecule has 0 aliphatic carbocycles. The molecule has 2 aliphatic heterocycles. The fourth-order valence-electron chi connectivity index (χ4n) is 5.56. The van der Waals surface area contributed by atoms with Gasteiger partial charge in [-0.3, -0.25) is 19.2 Å². The Morgan fingerprint density at radius 2 is 1.73 bits per heavy atom. The molecule has 3 rings (SSSR count). The number of rotatable bonds is 10. The predicted octanol–water partition coefficient (Wildman–Crippen LogP) is 1.27. The van der Waals surface area contributed by atoms with E-state index in [4.69, 9.17) is 5.73 Å². The minimum Gasteiger partial charge on any atom is -0.480 e. The lowest BCUT2D eigenvalue weighted by Crippen LogP contribution is -2.64. The molecule has 2 saturated heterocycles. The lowest BCUT2D eigenvalue weighted by Gasteiger charge is -2.45. The molecule has 1 aromatic rings. The third-order valence-electron chi connectivity index (χ3n) is 7.30. The molecule has 0 radical (unpaired) electrons. The van der Waals surface area contributed by atoms with Crippen LogP contribution in [0.2, 0.25) is 0 Å². The van der Waals surface area contributed by atoms with E-state index in [2.05, 4.69) is 0 Å². The van der Waals surface area contributed by atoms with Crippen LogP contribution in [0.5, 0.6) is 0 Å². The molecule has 202 valence electrons. The van der Waals surface area contributed by atoms with Gasteiger partial charge in [-0.25, -0.2) is 4.79 Å². The average molecular weight is 515 g/mol. The minimum atomic E-state index is -1.20. The minimum absolute atomic E-state index is 0.107. The van der Waals surface area contributed by atoms with Gasteiger partial charge in [0, 0.05) is 44.8 Å². The number of nitrogens with two attached hydrogens (primary N) is 1. The van der Waals surface area contributed by atoms with Crippen molar-refractivity contribution < 1.29 is 29.1 Å². The number of carboxylic acids is 1. The molecule has 4 amide bonds. The standard InChI is InChI=1S/C27H38N4O6/c1-4-23(33)29-12-13-30(25(34)20(29)14-17(2)3)21(15-18-8-6-5-7-9-18)26(35)31-11-10-19(16-22(28)32)24(31)27(36)37/h5-9,17,19-21,24H,4,10-16H2,1-3H3,(H2,28,32)(H,36,37)/t19-,20+,21+,24+/m1/s1. The van der Waals surface area contributed by atoms with Crippen molar-refractivity contribution >= 4 is 29.6 Å². The molecule has 4 atom stereocenters. The Morgan fingerprint density at radius 1 is 1.05 bits per heavy atom. The van der Waals surface area contributed by atoms with Gasteiger partial charge in [0.15, 0.2) is 0 Å². The van der Waals surface area contributed by atoms with Gasteiger partial charge in [0.25, 0.3) is 0 Å². The van der Waals surface area contributed by atoms with Crippen LogP contribution in [0.4, 0.5) is 0 Å². The van der Waals surface area contributed by atoms with Gasteiger partial charge in [-0.15, -0.1) is 0 Å². The molecule has 2 fully saturated rings. The van der Waals surface area contributed by atoms with Crippen molar-refractivity contribution in [2.24, 2.45) is 17.6 Å². The average Bonchev–Trinajstić information content (AvgIpc) is 3.26. The number of primary amides is 1. The zero-order chi connectivity index (χ0) is 27.3. The van der Waals surface area contributed by atoms with E-state index >= 15 is 0 Å². The van der Waals surface area contributed by atoms with Crippen LogP contribution in [0.25, 0.3) is 0 Å². The maximum Gasteiger partial charge on any atom is 0.326 e. The van der Waals surface area contributed by atoms with Crippen LogP contribution in [-0.4, -0.2) is 87.2 Å². The number of benzene rings is 1. The normalized spacial score (nSPS) is 22.9. The van der Waals surface area contributed by atoms with Gasteiger partial charge in [-0.05, 0) is 24.3 Å². The summed E-state index contributed by atoms with van der Waals surface area (Å²) in [7, 11) is 0. The first-order valence-corrected chi connectivity index (χ1v) is 13.0. The van der Waals surface area contributed by atoms with Crippen LogP contribution >= 0.6 is 0 Å². The number of piperazine rings is 1. The lowest BCUT2D eigenvalue weighted by atomic mass is 9.94. The first kappa shape index (κ1) is 28.1. The Kier molecular flexibility index (Phi) is 9.29. The number of carboxylic acid groups (broad SMARTS) is 1. The van der Waals surface area contributed by atoms with Crippen molar-refractivity contribution in [1.29, 1.82) is 0 Å². The predicted molar refractivity (Wildman–Crippen MR) is 136 cm³/mol. The molecular weight excluding hydrogens is 476 g/mol. The molecule has 0 saturated carbocycles. The highest BCUT2D eigenvalue weighted by atomic mass is 16.4. The molecule has 0 spiro atoms. The van der Waals surface area contributed by atoms with E-state index in [1.165, 1.54) is 9.80 Å². The maximum absolute atomic E-state index is 14.0. The van der Waals surface area contributed by atoms with Crippen LogP contribution in [0.15, 0.2) is 30.3 Å². The topological polar surface area (TPSA) is 141 Å². The molecule has 2 heterocycles. The van der Waals surface area contributed by atoms with Crippen LogP contribution in [-0.2, 0) is 30.4 Å². The highest BCUT2D eigenvalue weighted by molar-refractivity contribution is 5.95. The molecule has 2 aliphatic rings. The molecular formula is C27H38N4O6. The van der Waals surface area contributed by atoms with Gasteiger partial charge < -0.3 is 25.5 Å². The van der Waals surface area contributed by atoms with Crippen LogP contribution in [0, 0.1) is 11.8 Å². The van der Waals surface area contributed by atoms with E-state index in [1.807, 2.05) is 44.2 Å². The Labute approximate surface area is 217 Å². The van der Waals surface area contributed by atoms with Gasteiger partial charge in [0.05, 0.1) is 0 Å². The number of carbonyl (C=O) groups is 5. The van der Waals surface area contributed by atoms with Gasteiger partial charge in [0.2, 0.25) is 23.6 Å². The summed E-state index contributed by atoms with van der Waals surface area (Å²) in [6.07, 6.45) is 1.17. The van der Waals surface area contributed by atoms with E-state index in [-0.39, 0.29) is 50.1 Å². The second kappa shape index (κ2) is 12.2. The van der Waals surface area contributed by atoms with Gasteiger partial charge in [-0.1, -0.05) is 51.1 Å². The fourth-order valence-corrected chi connectivity index (χ4v) is 5.56. The number of likely N-dealkylation sites (tertiary alicyclic amines) is 1. The second-order valence-corrected chi connectivity index (χ2v) is 10.4. The molecule has 0 aromatic heterocycles. The maximum atomic E-state index is 14.0. The van der Waals surface area contributed by atoms with Crippen molar-refractivity contribution in [3.63, 3.8) is 0 Å². The third-order valence-corrected chi connectivity index (χ3v) is 7.30. The SMILES string of the molecule is CCC(=O)N1CCN([C@@H](Cc2ccccc2)C(=O)N2CC[C@H](CC(N)=O)[C@H]2C(=O)O)C(=O)[C@@H]1CC(C)C. The summed E-state index contributed by atoms with van der Waals surface area (Å²) in [5.41, 5.74) is 6.17. The number of aliphatic carboxylic acids is 1. The number of hydrogen-bond donors (Lipinski definition) is 2.